The van der Waals surface area contributed by atoms with E-state index in [-0.39, 0.29) is 22.8 Å². The summed E-state index contributed by atoms with van der Waals surface area (Å²) in [5.41, 5.74) is 1.09. The summed E-state index contributed by atoms with van der Waals surface area (Å²) in [5, 5.41) is 3.20. The fraction of sp³-hybridized carbons (Fsp3) is 0.500. The zero-order valence-electron chi connectivity index (χ0n) is 9.93. The first-order valence-corrected chi connectivity index (χ1v) is 8.07. The normalized spacial score (nSPS) is 22.5. The van der Waals surface area contributed by atoms with Crippen LogP contribution in [0.4, 0.5) is 5.82 Å². The zero-order chi connectivity index (χ0) is 13.5. The third kappa shape index (κ3) is 2.64. The molecular weight excluding hydrogens is 290 g/mol. The number of nitrogens with one attached hydrogen (secondary N) is 2. The number of aromatic nitrogens is 4. The Kier molecular flexibility index (Phi) is 3.06. The van der Waals surface area contributed by atoms with Gasteiger partial charge in [-0.25, -0.2) is 13.4 Å². The Morgan fingerprint density at radius 3 is 3.05 bits per heavy atom. The van der Waals surface area contributed by atoms with Gasteiger partial charge >= 0.3 is 0 Å². The predicted molar refractivity (Wildman–Crippen MR) is 72.0 cm³/mol. The van der Waals surface area contributed by atoms with Gasteiger partial charge in [0.05, 0.1) is 17.8 Å². The second kappa shape index (κ2) is 4.61. The number of hydrogen-bond acceptors (Lipinski definition) is 6. The van der Waals surface area contributed by atoms with Crippen LogP contribution in [0.2, 0.25) is 5.28 Å². The van der Waals surface area contributed by atoms with Crippen LogP contribution in [0.15, 0.2) is 6.33 Å². The number of rotatable bonds is 2. The Bertz CT molecular complexity index is 714. The largest absolute Gasteiger partial charge is 0.364 e. The first kappa shape index (κ1) is 12.6. The van der Waals surface area contributed by atoms with Crippen molar-refractivity contribution in [1.29, 1.82) is 0 Å². The SMILES string of the molecule is O=S1(=O)CCCC(Nc2nc(Cl)nc3nc[nH]c23)C1. The molecule has 0 spiro atoms. The van der Waals surface area contributed by atoms with Gasteiger partial charge in [0.2, 0.25) is 5.28 Å². The molecule has 9 heteroatoms. The summed E-state index contributed by atoms with van der Waals surface area (Å²) in [6.07, 6.45) is 2.94. The molecule has 1 fully saturated rings. The lowest BCUT2D eigenvalue weighted by molar-refractivity contribution is 0.561. The molecule has 19 heavy (non-hydrogen) atoms. The van der Waals surface area contributed by atoms with Gasteiger partial charge in [-0.05, 0) is 24.4 Å². The number of fused-ring (bicyclic) bond motifs is 1. The lowest BCUT2D eigenvalue weighted by Gasteiger charge is -2.23. The standard InChI is InChI=1S/C10H12ClN5O2S/c11-10-15-8-7(12-5-13-8)9(16-10)14-6-2-1-3-19(17,18)4-6/h5-6H,1-4H2,(H2,12,13,14,15,16). The highest BCUT2D eigenvalue weighted by Crippen LogP contribution is 2.22. The second-order valence-electron chi connectivity index (χ2n) is 4.54. The summed E-state index contributed by atoms with van der Waals surface area (Å²) in [7, 11) is -2.97. The molecule has 7 nitrogen and oxygen atoms in total. The first-order chi connectivity index (χ1) is 9.03. The minimum absolute atomic E-state index is 0.0840. The first-order valence-electron chi connectivity index (χ1n) is 5.87. The highest BCUT2D eigenvalue weighted by molar-refractivity contribution is 7.91. The van der Waals surface area contributed by atoms with E-state index in [1.54, 1.807) is 0 Å². The molecule has 3 rings (SSSR count). The van der Waals surface area contributed by atoms with Crippen LogP contribution in [0.25, 0.3) is 11.2 Å². The lowest BCUT2D eigenvalue weighted by Crippen LogP contribution is -2.35. The maximum atomic E-state index is 11.6. The minimum Gasteiger partial charge on any atom is -0.364 e. The van der Waals surface area contributed by atoms with Gasteiger partial charge in [-0.1, -0.05) is 0 Å². The number of imidazole rings is 1. The van der Waals surface area contributed by atoms with Crippen LogP contribution in [0.1, 0.15) is 12.8 Å². The molecule has 1 saturated heterocycles. The molecule has 0 saturated carbocycles. The summed E-state index contributed by atoms with van der Waals surface area (Å²) in [4.78, 5) is 15.0. The molecule has 0 bridgehead atoms. The van der Waals surface area contributed by atoms with Crippen LogP contribution in [0.3, 0.4) is 0 Å². The number of H-pyrrole nitrogens is 1. The van der Waals surface area contributed by atoms with Gasteiger partial charge in [-0.3, -0.25) is 0 Å². The predicted octanol–water partition coefficient (Wildman–Crippen LogP) is 0.995. The van der Waals surface area contributed by atoms with E-state index in [0.717, 1.165) is 6.42 Å². The van der Waals surface area contributed by atoms with E-state index in [0.29, 0.717) is 23.4 Å². The molecule has 1 unspecified atom stereocenters. The smallest absolute Gasteiger partial charge is 0.226 e. The summed E-state index contributed by atoms with van der Waals surface area (Å²) < 4.78 is 23.2. The Morgan fingerprint density at radius 2 is 2.26 bits per heavy atom. The Labute approximate surface area is 114 Å². The second-order valence-corrected chi connectivity index (χ2v) is 7.11. The number of aromatic amines is 1. The van der Waals surface area contributed by atoms with Crippen LogP contribution in [-0.2, 0) is 9.84 Å². The van der Waals surface area contributed by atoms with Gasteiger partial charge in [-0.2, -0.15) is 9.97 Å². The number of sulfone groups is 1. The zero-order valence-corrected chi connectivity index (χ0v) is 11.5. The third-order valence-corrected chi connectivity index (χ3v) is 5.05. The Balaban J connectivity index is 1.91. The maximum absolute atomic E-state index is 11.6. The number of hydrogen-bond donors (Lipinski definition) is 2. The van der Waals surface area contributed by atoms with Crippen molar-refractivity contribution in [1.82, 2.24) is 19.9 Å². The molecule has 3 heterocycles. The van der Waals surface area contributed by atoms with Crippen molar-refractivity contribution in [2.45, 2.75) is 18.9 Å². The molecule has 0 aliphatic carbocycles. The van der Waals surface area contributed by atoms with E-state index in [1.807, 2.05) is 0 Å². The van der Waals surface area contributed by atoms with Crippen molar-refractivity contribution in [3.63, 3.8) is 0 Å². The number of nitrogens with zero attached hydrogens (tertiary/aromatic N) is 3. The van der Waals surface area contributed by atoms with Crippen molar-refractivity contribution in [2.24, 2.45) is 0 Å². The van der Waals surface area contributed by atoms with E-state index >= 15 is 0 Å². The maximum Gasteiger partial charge on any atom is 0.226 e. The monoisotopic (exact) mass is 301 g/mol. The molecule has 2 N–H and O–H groups in total. The van der Waals surface area contributed by atoms with Gasteiger partial charge in [0.15, 0.2) is 21.3 Å². The fourth-order valence-electron chi connectivity index (χ4n) is 2.24. The topological polar surface area (TPSA) is 101 Å². The van der Waals surface area contributed by atoms with Gasteiger partial charge in [0.1, 0.15) is 5.52 Å². The Morgan fingerprint density at radius 1 is 1.42 bits per heavy atom. The van der Waals surface area contributed by atoms with Gasteiger partial charge in [0, 0.05) is 6.04 Å². The molecule has 102 valence electrons. The fourth-order valence-corrected chi connectivity index (χ4v) is 4.04. The van der Waals surface area contributed by atoms with Crippen LogP contribution in [0.5, 0.6) is 0 Å². The van der Waals surface area contributed by atoms with Crippen LogP contribution >= 0.6 is 11.6 Å². The van der Waals surface area contributed by atoms with Gasteiger partial charge < -0.3 is 10.3 Å². The van der Waals surface area contributed by atoms with Crippen molar-refractivity contribution < 1.29 is 8.42 Å². The molecule has 1 aliphatic heterocycles. The van der Waals surface area contributed by atoms with Crippen LogP contribution in [0, 0.1) is 0 Å². The quantitative estimate of drug-likeness (QED) is 0.802. The molecular formula is C10H12ClN5O2S. The van der Waals surface area contributed by atoms with Crippen molar-refractivity contribution >= 4 is 38.4 Å². The highest BCUT2D eigenvalue weighted by atomic mass is 35.5. The molecule has 2 aromatic rings. The molecule has 1 aliphatic rings. The van der Waals surface area contributed by atoms with E-state index in [4.69, 9.17) is 11.6 Å². The summed E-state index contributed by atoms with van der Waals surface area (Å²) in [6, 6.07) is -0.156. The molecule has 2 aromatic heterocycles. The third-order valence-electron chi connectivity index (χ3n) is 3.06. The van der Waals surface area contributed by atoms with E-state index < -0.39 is 9.84 Å². The highest BCUT2D eigenvalue weighted by Gasteiger charge is 2.25. The number of halogens is 1. The molecule has 0 radical (unpaired) electrons. The van der Waals surface area contributed by atoms with E-state index in [9.17, 15) is 8.42 Å². The molecule has 0 amide bonds. The van der Waals surface area contributed by atoms with Crippen molar-refractivity contribution in [3.8, 4) is 0 Å². The average Bonchev–Trinajstić information content (AvgIpc) is 2.75. The summed E-state index contributed by atoms with van der Waals surface area (Å²) in [5.74, 6) is 0.869. The van der Waals surface area contributed by atoms with Crippen LogP contribution < -0.4 is 5.32 Å². The lowest BCUT2D eigenvalue weighted by atomic mass is 10.2. The summed E-state index contributed by atoms with van der Waals surface area (Å²) in [6.45, 7) is 0. The molecule has 1 atom stereocenters. The van der Waals surface area contributed by atoms with Gasteiger partial charge in [0.25, 0.3) is 0 Å². The van der Waals surface area contributed by atoms with Crippen molar-refractivity contribution in [2.75, 3.05) is 16.8 Å². The number of anilines is 1. The van der Waals surface area contributed by atoms with Gasteiger partial charge in [-0.15, -0.1) is 0 Å². The Hall–Kier alpha value is -1.41. The molecule has 0 aromatic carbocycles. The van der Waals surface area contributed by atoms with E-state index in [1.165, 1.54) is 6.33 Å². The summed E-state index contributed by atoms with van der Waals surface area (Å²) >= 11 is 5.82. The average molecular weight is 302 g/mol. The van der Waals surface area contributed by atoms with E-state index in [2.05, 4.69) is 25.3 Å². The van der Waals surface area contributed by atoms with Crippen LogP contribution in [-0.4, -0.2) is 45.9 Å². The van der Waals surface area contributed by atoms with Crippen molar-refractivity contribution in [3.05, 3.63) is 11.6 Å². The minimum atomic E-state index is -2.97.